The van der Waals surface area contributed by atoms with Gasteiger partial charge in [-0.2, -0.15) is 4.31 Å². The first-order valence-electron chi connectivity index (χ1n) is 11.1. The van der Waals surface area contributed by atoms with Crippen molar-refractivity contribution in [2.24, 2.45) is 0 Å². The summed E-state index contributed by atoms with van der Waals surface area (Å²) in [6.07, 6.45) is 0. The number of para-hydroxylation sites is 1. The lowest BCUT2D eigenvalue weighted by molar-refractivity contribution is -0.115. The second kappa shape index (κ2) is 10.7. The Morgan fingerprint density at radius 1 is 0.857 bits per heavy atom. The van der Waals surface area contributed by atoms with Gasteiger partial charge in [0.15, 0.2) is 0 Å². The van der Waals surface area contributed by atoms with Crippen LogP contribution in [0.25, 0.3) is 0 Å². The monoisotopic (exact) mass is 496 g/mol. The van der Waals surface area contributed by atoms with Crippen LogP contribution in [-0.4, -0.2) is 57.3 Å². The molecule has 2 amide bonds. The van der Waals surface area contributed by atoms with E-state index in [9.17, 15) is 22.4 Å². The summed E-state index contributed by atoms with van der Waals surface area (Å²) in [5, 5.41) is 5.18. The van der Waals surface area contributed by atoms with E-state index in [2.05, 4.69) is 10.6 Å². The van der Waals surface area contributed by atoms with Gasteiger partial charge in [0.05, 0.1) is 11.4 Å². The number of sulfonamides is 1. The van der Waals surface area contributed by atoms with Gasteiger partial charge in [0.2, 0.25) is 15.9 Å². The molecule has 1 aliphatic rings. The highest BCUT2D eigenvalue weighted by atomic mass is 32.2. The van der Waals surface area contributed by atoms with Gasteiger partial charge in [-0.1, -0.05) is 24.3 Å². The molecule has 2 N–H and O–H groups in total. The summed E-state index contributed by atoms with van der Waals surface area (Å²) in [5.41, 5.74) is 1.58. The molecule has 35 heavy (non-hydrogen) atoms. The Bertz CT molecular complexity index is 1290. The number of nitrogens with zero attached hydrogens (tertiary/aromatic N) is 2. The van der Waals surface area contributed by atoms with Crippen molar-refractivity contribution in [3.8, 4) is 0 Å². The number of carbonyl (C=O) groups is 2. The van der Waals surface area contributed by atoms with E-state index in [1.807, 2.05) is 11.0 Å². The van der Waals surface area contributed by atoms with Crippen LogP contribution in [0, 0.1) is 5.82 Å². The Labute approximate surface area is 203 Å². The van der Waals surface area contributed by atoms with E-state index in [1.165, 1.54) is 40.7 Å². The molecule has 0 spiro atoms. The minimum absolute atomic E-state index is 0.00844. The Kier molecular flexibility index (Phi) is 7.42. The fraction of sp³-hybridized carbons (Fsp3) is 0.200. The van der Waals surface area contributed by atoms with Crippen molar-refractivity contribution >= 4 is 33.2 Å². The van der Waals surface area contributed by atoms with Crippen LogP contribution in [0.4, 0.5) is 15.8 Å². The third-order valence-electron chi connectivity index (χ3n) is 5.63. The zero-order chi connectivity index (χ0) is 24.8. The van der Waals surface area contributed by atoms with E-state index in [0.29, 0.717) is 18.8 Å². The van der Waals surface area contributed by atoms with Gasteiger partial charge < -0.3 is 15.5 Å². The fourth-order valence-corrected chi connectivity index (χ4v) is 5.24. The number of hydrogen-bond donors (Lipinski definition) is 2. The van der Waals surface area contributed by atoms with Crippen LogP contribution in [0.15, 0.2) is 83.8 Å². The van der Waals surface area contributed by atoms with Gasteiger partial charge in [0.25, 0.3) is 5.91 Å². The molecule has 0 saturated carbocycles. The molecule has 0 aromatic heterocycles. The maximum Gasteiger partial charge on any atom is 0.251 e. The summed E-state index contributed by atoms with van der Waals surface area (Å²) >= 11 is 0. The van der Waals surface area contributed by atoms with E-state index in [1.54, 1.807) is 36.4 Å². The number of halogens is 1. The second-order valence-electron chi connectivity index (χ2n) is 7.99. The van der Waals surface area contributed by atoms with Gasteiger partial charge in [0, 0.05) is 43.1 Å². The molecular weight excluding hydrogens is 471 g/mol. The molecule has 0 radical (unpaired) electrons. The van der Waals surface area contributed by atoms with Gasteiger partial charge >= 0.3 is 0 Å². The van der Waals surface area contributed by atoms with Crippen molar-refractivity contribution in [3.63, 3.8) is 0 Å². The maximum absolute atomic E-state index is 13.2. The molecule has 4 rings (SSSR count). The van der Waals surface area contributed by atoms with Crippen LogP contribution in [0.2, 0.25) is 0 Å². The third kappa shape index (κ3) is 6.03. The quantitative estimate of drug-likeness (QED) is 0.524. The van der Waals surface area contributed by atoms with Crippen molar-refractivity contribution in [3.05, 3.63) is 90.2 Å². The fourth-order valence-electron chi connectivity index (χ4n) is 3.77. The van der Waals surface area contributed by atoms with E-state index in [0.717, 1.165) is 5.69 Å². The SMILES string of the molecule is O=C(CNC(=O)c1cccc(S(=O)(=O)N2CCN(c3ccc(F)cc3)CC2)c1)Nc1ccccc1. The second-order valence-corrected chi connectivity index (χ2v) is 9.93. The molecule has 182 valence electrons. The largest absolute Gasteiger partial charge is 0.369 e. The normalized spacial score (nSPS) is 14.4. The van der Waals surface area contributed by atoms with Gasteiger partial charge in [-0.25, -0.2) is 12.8 Å². The topological polar surface area (TPSA) is 98.8 Å². The molecule has 0 bridgehead atoms. The van der Waals surface area contributed by atoms with Gasteiger partial charge in [-0.05, 0) is 54.6 Å². The standard InChI is InChI=1S/C25H25FN4O4S/c26-20-9-11-22(12-10-20)29-13-15-30(16-14-29)35(33,34)23-8-4-5-19(17-23)25(32)27-18-24(31)28-21-6-2-1-3-7-21/h1-12,17H,13-16,18H2,(H,27,32)(H,28,31). The number of hydrogen-bond acceptors (Lipinski definition) is 5. The van der Waals surface area contributed by atoms with Crippen molar-refractivity contribution in [2.75, 3.05) is 42.9 Å². The van der Waals surface area contributed by atoms with Crippen LogP contribution < -0.4 is 15.5 Å². The molecule has 3 aromatic carbocycles. The first-order valence-corrected chi connectivity index (χ1v) is 12.5. The molecule has 0 atom stereocenters. The van der Waals surface area contributed by atoms with Crippen LogP contribution >= 0.6 is 0 Å². The highest BCUT2D eigenvalue weighted by Crippen LogP contribution is 2.22. The summed E-state index contributed by atoms with van der Waals surface area (Å²) in [7, 11) is -3.81. The zero-order valence-electron chi connectivity index (χ0n) is 18.9. The van der Waals surface area contributed by atoms with Crippen molar-refractivity contribution in [1.29, 1.82) is 0 Å². The number of amides is 2. The van der Waals surface area contributed by atoms with Gasteiger partial charge in [0.1, 0.15) is 5.82 Å². The van der Waals surface area contributed by atoms with Crippen molar-refractivity contribution in [2.45, 2.75) is 4.90 Å². The molecule has 10 heteroatoms. The molecule has 1 saturated heterocycles. The van der Waals surface area contributed by atoms with Crippen LogP contribution in [0.1, 0.15) is 10.4 Å². The van der Waals surface area contributed by atoms with E-state index in [4.69, 9.17) is 0 Å². The summed E-state index contributed by atoms with van der Waals surface area (Å²) in [4.78, 5) is 26.6. The van der Waals surface area contributed by atoms with Crippen LogP contribution in [0.3, 0.4) is 0 Å². The number of carbonyl (C=O) groups excluding carboxylic acids is 2. The first-order chi connectivity index (χ1) is 16.8. The molecule has 1 aliphatic heterocycles. The van der Waals surface area contributed by atoms with E-state index < -0.39 is 21.8 Å². The molecule has 0 aliphatic carbocycles. The lowest BCUT2D eigenvalue weighted by atomic mass is 10.2. The average molecular weight is 497 g/mol. The summed E-state index contributed by atoms with van der Waals surface area (Å²) in [5.74, 6) is -1.27. The zero-order valence-corrected chi connectivity index (χ0v) is 19.7. The lowest BCUT2D eigenvalue weighted by Crippen LogP contribution is -2.48. The van der Waals surface area contributed by atoms with E-state index in [-0.39, 0.29) is 35.9 Å². The number of nitrogens with one attached hydrogen (secondary N) is 2. The summed E-state index contributed by atoms with van der Waals surface area (Å²) in [6.45, 7) is 1.19. The van der Waals surface area contributed by atoms with Crippen LogP contribution in [-0.2, 0) is 14.8 Å². The molecular formula is C25H25FN4O4S. The molecule has 1 heterocycles. The highest BCUT2D eigenvalue weighted by molar-refractivity contribution is 7.89. The third-order valence-corrected chi connectivity index (χ3v) is 7.53. The Morgan fingerprint density at radius 2 is 1.54 bits per heavy atom. The number of rotatable bonds is 7. The van der Waals surface area contributed by atoms with Gasteiger partial charge in [-0.15, -0.1) is 0 Å². The molecule has 1 fully saturated rings. The Balaban J connectivity index is 1.36. The van der Waals surface area contributed by atoms with Gasteiger partial charge in [-0.3, -0.25) is 9.59 Å². The predicted octanol–water partition coefficient (Wildman–Crippen LogP) is 2.71. The Morgan fingerprint density at radius 3 is 2.23 bits per heavy atom. The van der Waals surface area contributed by atoms with Crippen molar-refractivity contribution in [1.82, 2.24) is 9.62 Å². The lowest BCUT2D eigenvalue weighted by Gasteiger charge is -2.35. The number of benzene rings is 3. The smallest absolute Gasteiger partial charge is 0.251 e. The average Bonchev–Trinajstić information content (AvgIpc) is 2.88. The predicted molar refractivity (Wildman–Crippen MR) is 131 cm³/mol. The molecule has 3 aromatic rings. The van der Waals surface area contributed by atoms with Crippen molar-refractivity contribution < 1.29 is 22.4 Å². The first kappa shape index (κ1) is 24.4. The Hall–Kier alpha value is -3.76. The highest BCUT2D eigenvalue weighted by Gasteiger charge is 2.29. The molecule has 0 unspecified atom stereocenters. The van der Waals surface area contributed by atoms with Crippen LogP contribution in [0.5, 0.6) is 0 Å². The number of anilines is 2. The number of piperazine rings is 1. The maximum atomic E-state index is 13.2. The summed E-state index contributed by atoms with van der Waals surface area (Å²) < 4.78 is 40.9. The minimum atomic E-state index is -3.81. The summed E-state index contributed by atoms with van der Waals surface area (Å²) in [6, 6.07) is 20.7. The van der Waals surface area contributed by atoms with E-state index >= 15 is 0 Å². The minimum Gasteiger partial charge on any atom is -0.369 e. The molecule has 8 nitrogen and oxygen atoms in total.